The lowest BCUT2D eigenvalue weighted by molar-refractivity contribution is -0.182. The van der Waals surface area contributed by atoms with Crippen LogP contribution in [0.15, 0.2) is 16.8 Å². The second-order valence-electron chi connectivity index (χ2n) is 3.38. The van der Waals surface area contributed by atoms with Gasteiger partial charge in [0.25, 0.3) is 0 Å². The summed E-state index contributed by atoms with van der Waals surface area (Å²) in [6.45, 7) is 2.11. The van der Waals surface area contributed by atoms with E-state index in [1.807, 2.05) is 0 Å². The van der Waals surface area contributed by atoms with Gasteiger partial charge in [0.2, 0.25) is 0 Å². The van der Waals surface area contributed by atoms with E-state index in [0.29, 0.717) is 19.6 Å². The van der Waals surface area contributed by atoms with Crippen molar-refractivity contribution in [3.8, 4) is 0 Å². The third kappa shape index (κ3) is 3.90. The molecule has 0 aliphatic carbocycles. The predicted molar refractivity (Wildman–Crippen MR) is 54.6 cm³/mol. The van der Waals surface area contributed by atoms with Crippen LogP contribution in [0.25, 0.3) is 10.4 Å². The van der Waals surface area contributed by atoms with Crippen molar-refractivity contribution in [2.75, 3.05) is 13.2 Å². The van der Waals surface area contributed by atoms with Crippen molar-refractivity contribution in [2.45, 2.75) is 25.7 Å². The number of carboxylic acids is 1. The second kappa shape index (κ2) is 6.12. The Balaban J connectivity index is 2.35. The third-order valence-electron chi connectivity index (χ3n) is 2.12. The Morgan fingerprint density at radius 3 is 2.75 bits per heavy atom. The molecule has 0 unspecified atom stereocenters. The van der Waals surface area contributed by atoms with E-state index in [9.17, 15) is 4.79 Å². The molecular weight excluding hydrogens is 214 g/mol. The topological polar surface area (TPSA) is 105 Å². The quantitative estimate of drug-likeness (QED) is 0.339. The number of carboxylic acid groups (broad SMARTS) is 1. The molecule has 0 atom stereocenters. The predicted octanol–water partition coefficient (Wildman–Crippen LogP) is 1.46. The maximum Gasteiger partial charge on any atom is 0.330 e. The zero-order valence-electron chi connectivity index (χ0n) is 8.87. The summed E-state index contributed by atoms with van der Waals surface area (Å²) in [7, 11) is 0. The van der Waals surface area contributed by atoms with Crippen molar-refractivity contribution in [1.29, 1.82) is 0 Å². The van der Waals surface area contributed by atoms with Gasteiger partial charge >= 0.3 is 5.97 Å². The molecule has 1 saturated heterocycles. The molecule has 0 radical (unpaired) electrons. The van der Waals surface area contributed by atoms with Crippen LogP contribution in [0.1, 0.15) is 13.3 Å². The van der Waals surface area contributed by atoms with E-state index in [-0.39, 0.29) is 11.6 Å². The zero-order valence-corrected chi connectivity index (χ0v) is 8.87. The van der Waals surface area contributed by atoms with Crippen molar-refractivity contribution in [1.82, 2.24) is 0 Å². The van der Waals surface area contributed by atoms with Gasteiger partial charge in [-0.3, -0.25) is 0 Å². The summed E-state index contributed by atoms with van der Waals surface area (Å²) in [4.78, 5) is 13.2. The molecule has 1 heterocycles. The highest BCUT2D eigenvalue weighted by molar-refractivity contribution is 5.85. The van der Waals surface area contributed by atoms with Crippen molar-refractivity contribution >= 4 is 5.97 Å². The van der Waals surface area contributed by atoms with Crippen molar-refractivity contribution < 1.29 is 19.4 Å². The first-order valence-electron chi connectivity index (χ1n) is 4.81. The van der Waals surface area contributed by atoms with Gasteiger partial charge in [0.1, 0.15) is 0 Å². The number of carbonyl (C=O) groups is 1. The standard InChI is InChI=1S/C9H13N3O4/c1-6(9(13)14)2-3-8-15-4-7(5-16-8)11-12-10/h2,7-8H,3-5H2,1H3,(H,13,14)/t7-,8+. The number of aliphatic carboxylic acids is 1. The number of hydrogen-bond donors (Lipinski definition) is 1. The summed E-state index contributed by atoms with van der Waals surface area (Å²) >= 11 is 0. The fraction of sp³-hybridized carbons (Fsp3) is 0.667. The highest BCUT2D eigenvalue weighted by Gasteiger charge is 2.20. The number of nitrogens with zero attached hydrogens (tertiary/aromatic N) is 3. The molecule has 0 aromatic rings. The van der Waals surface area contributed by atoms with Gasteiger partial charge in [-0.1, -0.05) is 11.2 Å². The first-order chi connectivity index (χ1) is 7.63. The summed E-state index contributed by atoms with van der Waals surface area (Å²) in [5.74, 6) is -0.956. The molecule has 7 nitrogen and oxygen atoms in total. The van der Waals surface area contributed by atoms with E-state index >= 15 is 0 Å². The van der Waals surface area contributed by atoms with Crippen molar-refractivity contribution in [2.24, 2.45) is 5.11 Å². The van der Waals surface area contributed by atoms with Crippen LogP contribution in [0.4, 0.5) is 0 Å². The fourth-order valence-corrected chi connectivity index (χ4v) is 1.17. The van der Waals surface area contributed by atoms with Crippen LogP contribution in [-0.4, -0.2) is 36.6 Å². The maximum atomic E-state index is 10.5. The lowest BCUT2D eigenvalue weighted by atomic mass is 10.2. The number of azide groups is 1. The normalized spacial score (nSPS) is 25.9. The maximum absolute atomic E-state index is 10.5. The minimum absolute atomic E-state index is 0.254. The number of rotatable bonds is 4. The van der Waals surface area contributed by atoms with Gasteiger partial charge in [-0.2, -0.15) is 0 Å². The van der Waals surface area contributed by atoms with Crippen molar-refractivity contribution in [3.63, 3.8) is 0 Å². The molecule has 88 valence electrons. The van der Waals surface area contributed by atoms with E-state index in [0.717, 1.165) is 0 Å². The van der Waals surface area contributed by atoms with Crippen LogP contribution < -0.4 is 0 Å². The summed E-state index contributed by atoms with van der Waals surface area (Å²) < 4.78 is 10.5. The molecule has 1 N–H and O–H groups in total. The van der Waals surface area contributed by atoms with Gasteiger partial charge in [-0.25, -0.2) is 4.79 Å². The Morgan fingerprint density at radius 1 is 1.62 bits per heavy atom. The van der Waals surface area contributed by atoms with Gasteiger partial charge in [-0.05, 0) is 12.5 Å². The molecule has 1 aliphatic rings. The SMILES string of the molecule is CC(=CC[C@H]1OC[C@@H](N=[N+]=[N-])CO1)C(=O)O. The monoisotopic (exact) mass is 227 g/mol. The third-order valence-corrected chi connectivity index (χ3v) is 2.12. The first-order valence-corrected chi connectivity index (χ1v) is 4.81. The van der Waals surface area contributed by atoms with E-state index < -0.39 is 12.3 Å². The number of hydrogen-bond acceptors (Lipinski definition) is 4. The first kappa shape index (κ1) is 12.5. The van der Waals surface area contributed by atoms with E-state index in [2.05, 4.69) is 10.0 Å². The molecule has 0 spiro atoms. The van der Waals surface area contributed by atoms with Crippen LogP contribution in [-0.2, 0) is 14.3 Å². The molecular formula is C9H13N3O4. The summed E-state index contributed by atoms with van der Waals surface area (Å²) in [6.07, 6.45) is 1.46. The van der Waals surface area contributed by atoms with E-state index in [1.54, 1.807) is 6.08 Å². The van der Waals surface area contributed by atoms with Gasteiger partial charge in [0, 0.05) is 16.9 Å². The minimum Gasteiger partial charge on any atom is -0.478 e. The molecule has 0 aromatic carbocycles. The largest absolute Gasteiger partial charge is 0.478 e. The Labute approximate surface area is 92.3 Å². The summed E-state index contributed by atoms with van der Waals surface area (Å²) in [6, 6.07) is -0.300. The second-order valence-corrected chi connectivity index (χ2v) is 3.38. The van der Waals surface area contributed by atoms with Gasteiger partial charge in [0.15, 0.2) is 6.29 Å². The summed E-state index contributed by atoms with van der Waals surface area (Å²) in [5, 5.41) is 12.1. The smallest absolute Gasteiger partial charge is 0.330 e. The average molecular weight is 227 g/mol. The fourth-order valence-electron chi connectivity index (χ4n) is 1.17. The molecule has 0 amide bonds. The van der Waals surface area contributed by atoms with E-state index in [4.69, 9.17) is 20.1 Å². The zero-order chi connectivity index (χ0) is 12.0. The molecule has 1 fully saturated rings. The van der Waals surface area contributed by atoms with Crippen LogP contribution in [0, 0.1) is 0 Å². The average Bonchev–Trinajstić information content (AvgIpc) is 2.28. The van der Waals surface area contributed by atoms with Crippen LogP contribution in [0.5, 0.6) is 0 Å². The van der Waals surface area contributed by atoms with Gasteiger partial charge in [0.05, 0.1) is 19.3 Å². The van der Waals surface area contributed by atoms with Gasteiger partial charge < -0.3 is 14.6 Å². The van der Waals surface area contributed by atoms with Gasteiger partial charge in [-0.15, -0.1) is 0 Å². The molecule has 0 bridgehead atoms. The van der Waals surface area contributed by atoms with E-state index in [1.165, 1.54) is 6.92 Å². The molecule has 1 aliphatic heterocycles. The van der Waals surface area contributed by atoms with Crippen molar-refractivity contribution in [3.05, 3.63) is 22.1 Å². The minimum atomic E-state index is -0.956. The van der Waals surface area contributed by atoms with Crippen LogP contribution in [0.3, 0.4) is 0 Å². The highest BCUT2D eigenvalue weighted by atomic mass is 16.7. The molecule has 7 heteroatoms. The Bertz CT molecular complexity index is 328. The molecule has 16 heavy (non-hydrogen) atoms. The Kier molecular flexibility index (Phi) is 4.78. The molecule has 1 rings (SSSR count). The molecule has 0 saturated carbocycles. The van der Waals surface area contributed by atoms with Crippen LogP contribution in [0.2, 0.25) is 0 Å². The lowest BCUT2D eigenvalue weighted by Crippen LogP contribution is -2.34. The lowest BCUT2D eigenvalue weighted by Gasteiger charge is -2.26. The van der Waals surface area contributed by atoms with Crippen LogP contribution >= 0.6 is 0 Å². The Hall–Kier alpha value is -1.56. The Morgan fingerprint density at radius 2 is 2.25 bits per heavy atom. The number of ether oxygens (including phenoxy) is 2. The highest BCUT2D eigenvalue weighted by Crippen LogP contribution is 2.13. The molecule has 0 aromatic heterocycles. The summed E-state index contributed by atoms with van der Waals surface area (Å²) in [5.41, 5.74) is 8.45.